The summed E-state index contributed by atoms with van der Waals surface area (Å²) in [6, 6.07) is 3.76. The molecule has 2 heterocycles. The monoisotopic (exact) mass is 394 g/mol. The molecular formula is C18H22N2O4S2. The fourth-order valence-corrected chi connectivity index (χ4v) is 3.99. The van der Waals surface area contributed by atoms with Gasteiger partial charge >= 0.3 is 5.97 Å². The zero-order valence-corrected chi connectivity index (χ0v) is 17.0. The van der Waals surface area contributed by atoms with Crippen LogP contribution in [0.5, 0.6) is 0 Å². The van der Waals surface area contributed by atoms with Crippen LogP contribution in [0.15, 0.2) is 22.9 Å². The molecule has 0 saturated carbocycles. The lowest BCUT2D eigenvalue weighted by atomic mass is 10.1. The summed E-state index contributed by atoms with van der Waals surface area (Å²) in [5.41, 5.74) is 0.522. The summed E-state index contributed by atoms with van der Waals surface area (Å²) in [4.78, 5) is 37.3. The molecule has 0 radical (unpaired) electrons. The maximum Gasteiger partial charge on any atom is 0.342 e. The molecule has 0 aliphatic carbocycles. The number of ether oxygens (including phenoxy) is 1. The quantitative estimate of drug-likeness (QED) is 0.754. The van der Waals surface area contributed by atoms with Crippen LogP contribution in [0.2, 0.25) is 0 Å². The lowest BCUT2D eigenvalue weighted by Crippen LogP contribution is -2.46. The van der Waals surface area contributed by atoms with Crippen LogP contribution in [0.4, 0.5) is 5.00 Å². The third kappa shape index (κ3) is 5.15. The van der Waals surface area contributed by atoms with E-state index in [1.807, 2.05) is 38.3 Å². The van der Waals surface area contributed by atoms with Gasteiger partial charge in [0.05, 0.1) is 0 Å². The van der Waals surface area contributed by atoms with Crippen molar-refractivity contribution in [2.45, 2.75) is 46.3 Å². The molecule has 0 bridgehead atoms. The van der Waals surface area contributed by atoms with Gasteiger partial charge in [0.25, 0.3) is 5.91 Å². The molecule has 0 saturated heterocycles. The molecule has 8 heteroatoms. The van der Waals surface area contributed by atoms with E-state index >= 15 is 0 Å². The standard InChI is InChI=1S/C18H22N2O4S2/c1-10(15(22)20-18(3,4)5)24-17(23)14-12(13-7-6-8-25-13)9-26-16(14)19-11(2)21/h6-10H,1-5H3,(H,19,21)(H,20,22)/t10-/m0/s1. The first-order chi connectivity index (χ1) is 12.1. The van der Waals surface area contributed by atoms with Crippen LogP contribution in [0.3, 0.4) is 0 Å². The molecule has 0 aromatic carbocycles. The van der Waals surface area contributed by atoms with E-state index in [-0.39, 0.29) is 17.4 Å². The van der Waals surface area contributed by atoms with Crippen molar-refractivity contribution in [1.82, 2.24) is 5.32 Å². The summed E-state index contributed by atoms with van der Waals surface area (Å²) in [5.74, 6) is -1.30. The second-order valence-electron chi connectivity index (χ2n) is 6.80. The predicted octanol–water partition coefficient (Wildman–Crippen LogP) is 3.90. The van der Waals surface area contributed by atoms with Gasteiger partial charge in [0.2, 0.25) is 5.91 Å². The summed E-state index contributed by atoms with van der Waals surface area (Å²) in [7, 11) is 0. The fourth-order valence-electron chi connectivity index (χ4n) is 2.17. The number of nitrogens with one attached hydrogen (secondary N) is 2. The Morgan fingerprint density at radius 3 is 2.42 bits per heavy atom. The Hall–Kier alpha value is -2.19. The first-order valence-electron chi connectivity index (χ1n) is 8.04. The van der Waals surface area contributed by atoms with Crippen molar-refractivity contribution in [2.24, 2.45) is 0 Å². The van der Waals surface area contributed by atoms with Crippen molar-refractivity contribution in [3.63, 3.8) is 0 Å². The smallest absolute Gasteiger partial charge is 0.342 e. The molecule has 6 nitrogen and oxygen atoms in total. The molecule has 0 spiro atoms. The van der Waals surface area contributed by atoms with Crippen molar-refractivity contribution in [1.29, 1.82) is 0 Å². The SMILES string of the molecule is CC(=O)Nc1scc(-c2cccs2)c1C(=O)O[C@@H](C)C(=O)NC(C)(C)C. The molecule has 0 aliphatic rings. The Balaban J connectivity index is 2.27. The largest absolute Gasteiger partial charge is 0.449 e. The summed E-state index contributed by atoms with van der Waals surface area (Å²) in [6.45, 7) is 8.44. The van der Waals surface area contributed by atoms with Crippen LogP contribution >= 0.6 is 22.7 Å². The van der Waals surface area contributed by atoms with Gasteiger partial charge in [-0.25, -0.2) is 4.79 Å². The van der Waals surface area contributed by atoms with E-state index in [2.05, 4.69) is 10.6 Å². The first-order valence-corrected chi connectivity index (χ1v) is 9.80. The van der Waals surface area contributed by atoms with Crippen molar-refractivity contribution in [3.8, 4) is 10.4 Å². The molecule has 140 valence electrons. The number of hydrogen-bond acceptors (Lipinski definition) is 6. The van der Waals surface area contributed by atoms with E-state index in [0.29, 0.717) is 10.6 Å². The highest BCUT2D eigenvalue weighted by Crippen LogP contribution is 2.38. The van der Waals surface area contributed by atoms with Crippen molar-refractivity contribution in [2.75, 3.05) is 5.32 Å². The van der Waals surface area contributed by atoms with Crippen molar-refractivity contribution >= 4 is 45.5 Å². The zero-order valence-electron chi connectivity index (χ0n) is 15.3. The summed E-state index contributed by atoms with van der Waals surface area (Å²) >= 11 is 2.73. The number of thiophene rings is 2. The van der Waals surface area contributed by atoms with Crippen LogP contribution in [0.1, 0.15) is 45.0 Å². The van der Waals surface area contributed by atoms with E-state index in [1.165, 1.54) is 36.5 Å². The lowest BCUT2D eigenvalue weighted by molar-refractivity contribution is -0.130. The van der Waals surface area contributed by atoms with Crippen LogP contribution in [0.25, 0.3) is 10.4 Å². The molecule has 2 amide bonds. The third-order valence-electron chi connectivity index (χ3n) is 3.22. The average molecular weight is 395 g/mol. The maximum absolute atomic E-state index is 12.8. The van der Waals surface area contributed by atoms with E-state index in [9.17, 15) is 14.4 Å². The normalized spacial score (nSPS) is 12.3. The second-order valence-corrected chi connectivity index (χ2v) is 8.63. The van der Waals surface area contributed by atoms with E-state index in [4.69, 9.17) is 4.74 Å². The highest BCUT2D eigenvalue weighted by Gasteiger charge is 2.27. The molecule has 2 N–H and O–H groups in total. The minimum absolute atomic E-state index is 0.267. The third-order valence-corrected chi connectivity index (χ3v) is 5.02. The number of rotatable bonds is 5. The number of hydrogen-bond donors (Lipinski definition) is 2. The maximum atomic E-state index is 12.8. The lowest BCUT2D eigenvalue weighted by Gasteiger charge is -2.23. The molecule has 1 atom stereocenters. The average Bonchev–Trinajstić information content (AvgIpc) is 3.13. The fraction of sp³-hybridized carbons (Fsp3) is 0.389. The Labute approximate surface area is 160 Å². The molecule has 2 aromatic rings. The van der Waals surface area contributed by atoms with Crippen LogP contribution in [-0.4, -0.2) is 29.4 Å². The molecule has 2 rings (SSSR count). The minimum atomic E-state index is -0.956. The molecule has 0 fully saturated rings. The topological polar surface area (TPSA) is 84.5 Å². The number of anilines is 1. The minimum Gasteiger partial charge on any atom is -0.449 e. The summed E-state index contributed by atoms with van der Waals surface area (Å²) < 4.78 is 5.37. The first kappa shape index (κ1) is 20.1. The van der Waals surface area contributed by atoms with Crippen LogP contribution < -0.4 is 10.6 Å². The number of esters is 1. The molecule has 2 aromatic heterocycles. The van der Waals surface area contributed by atoms with Gasteiger partial charge in [0.1, 0.15) is 10.6 Å². The predicted molar refractivity (Wildman–Crippen MR) is 105 cm³/mol. The van der Waals surface area contributed by atoms with Gasteiger partial charge in [-0.2, -0.15) is 0 Å². The second kappa shape index (κ2) is 8.01. The van der Waals surface area contributed by atoms with Gasteiger partial charge in [-0.1, -0.05) is 6.07 Å². The van der Waals surface area contributed by atoms with E-state index in [1.54, 1.807) is 5.38 Å². The van der Waals surface area contributed by atoms with E-state index < -0.39 is 17.6 Å². The Morgan fingerprint density at radius 1 is 1.19 bits per heavy atom. The number of carbonyl (C=O) groups excluding carboxylic acids is 3. The van der Waals surface area contributed by atoms with Crippen LogP contribution in [0, 0.1) is 0 Å². The molecule has 0 aliphatic heterocycles. The van der Waals surface area contributed by atoms with Gasteiger partial charge in [0.15, 0.2) is 6.10 Å². The zero-order chi connectivity index (χ0) is 19.5. The van der Waals surface area contributed by atoms with Gasteiger partial charge < -0.3 is 15.4 Å². The van der Waals surface area contributed by atoms with E-state index in [0.717, 1.165) is 4.88 Å². The Morgan fingerprint density at radius 2 is 1.88 bits per heavy atom. The molecular weight excluding hydrogens is 372 g/mol. The Bertz CT molecular complexity index is 804. The number of carbonyl (C=O) groups is 3. The highest BCUT2D eigenvalue weighted by molar-refractivity contribution is 7.17. The van der Waals surface area contributed by atoms with Gasteiger partial charge in [-0.3, -0.25) is 9.59 Å². The molecule has 26 heavy (non-hydrogen) atoms. The number of amides is 2. The Kier molecular flexibility index (Phi) is 6.20. The molecule has 0 unspecified atom stereocenters. The highest BCUT2D eigenvalue weighted by atomic mass is 32.1. The summed E-state index contributed by atoms with van der Waals surface area (Å²) in [6.07, 6.45) is -0.956. The van der Waals surface area contributed by atoms with Gasteiger partial charge in [0, 0.05) is 28.3 Å². The van der Waals surface area contributed by atoms with Gasteiger partial charge in [-0.15, -0.1) is 22.7 Å². The van der Waals surface area contributed by atoms with Crippen molar-refractivity contribution in [3.05, 3.63) is 28.5 Å². The van der Waals surface area contributed by atoms with Crippen molar-refractivity contribution < 1.29 is 19.1 Å². The van der Waals surface area contributed by atoms with Gasteiger partial charge in [-0.05, 0) is 39.1 Å². The van der Waals surface area contributed by atoms with Crippen LogP contribution in [-0.2, 0) is 14.3 Å². The summed E-state index contributed by atoms with van der Waals surface area (Å²) in [5, 5.41) is 9.55.